The average Bonchev–Trinajstić information content (AvgIpc) is 3.05. The van der Waals surface area contributed by atoms with Crippen LogP contribution in [0.4, 0.5) is 0 Å². The summed E-state index contributed by atoms with van der Waals surface area (Å²) in [7, 11) is 0. The molecule has 1 aromatic heterocycles. The van der Waals surface area contributed by atoms with Gasteiger partial charge in [0.05, 0.1) is 23.6 Å². The van der Waals surface area contributed by atoms with E-state index in [0.717, 1.165) is 5.56 Å². The molecule has 0 spiro atoms. The Morgan fingerprint density at radius 2 is 2.03 bits per heavy atom. The van der Waals surface area contributed by atoms with Crippen LogP contribution in [-0.2, 0) is 9.59 Å². The van der Waals surface area contributed by atoms with Gasteiger partial charge in [-0.25, -0.2) is 4.79 Å². The fraction of sp³-hybridized carbons (Fsp3) is 0.174. The smallest absolute Gasteiger partial charge is 0.394 e. The summed E-state index contributed by atoms with van der Waals surface area (Å²) in [4.78, 5) is 35.9. The Morgan fingerprint density at radius 3 is 2.80 bits per heavy atom. The molecule has 1 aliphatic carbocycles. The third-order valence-corrected chi connectivity index (χ3v) is 4.91. The molecule has 0 saturated heterocycles. The summed E-state index contributed by atoms with van der Waals surface area (Å²) in [5.74, 6) is -1.71. The molecule has 3 aromatic rings. The van der Waals surface area contributed by atoms with E-state index in [9.17, 15) is 14.4 Å². The number of nitrogens with one attached hydrogen (secondary N) is 1. The first kappa shape index (κ1) is 19.4. The lowest BCUT2D eigenvalue weighted by Gasteiger charge is -2.11. The van der Waals surface area contributed by atoms with E-state index in [1.807, 2.05) is 37.3 Å². The number of carbonyl (C=O) groups excluding carboxylic acids is 1. The largest absolute Gasteiger partial charge is 0.494 e. The molecule has 1 amide bonds. The molecule has 0 radical (unpaired) electrons. The Labute approximate surface area is 171 Å². The molecule has 0 saturated carbocycles. The monoisotopic (exact) mass is 405 g/mol. The van der Waals surface area contributed by atoms with Crippen molar-refractivity contribution in [3.8, 4) is 5.75 Å². The first-order valence-corrected chi connectivity index (χ1v) is 9.51. The molecule has 7 nitrogen and oxygen atoms in total. The van der Waals surface area contributed by atoms with Gasteiger partial charge in [-0.1, -0.05) is 24.3 Å². The number of para-hydroxylation sites is 1. The van der Waals surface area contributed by atoms with Crippen LogP contribution >= 0.6 is 0 Å². The highest BCUT2D eigenvalue weighted by Crippen LogP contribution is 2.40. The standard InChI is InChI=1S/C23H19NO6/c1-2-29-15-7-5-6-13(11-15)10-14-12-17(24-22(26)23(27)28)19-20(25)16-8-3-4-9-18(16)30-21(14)19/h3-11,17H,2,12H2,1H3,(H,24,26)(H,27,28). The van der Waals surface area contributed by atoms with Crippen molar-refractivity contribution in [3.63, 3.8) is 0 Å². The van der Waals surface area contributed by atoms with Gasteiger partial charge in [0.25, 0.3) is 0 Å². The maximum absolute atomic E-state index is 13.1. The quantitative estimate of drug-likeness (QED) is 0.645. The molecule has 2 aromatic carbocycles. The molecule has 0 aliphatic heterocycles. The molecule has 1 unspecified atom stereocenters. The first-order chi connectivity index (χ1) is 14.5. The molecule has 30 heavy (non-hydrogen) atoms. The van der Waals surface area contributed by atoms with Crippen molar-refractivity contribution in [3.05, 3.63) is 75.6 Å². The van der Waals surface area contributed by atoms with Crippen LogP contribution in [0.5, 0.6) is 5.75 Å². The second kappa shape index (κ2) is 7.87. The summed E-state index contributed by atoms with van der Waals surface area (Å²) in [5, 5.41) is 11.8. The summed E-state index contributed by atoms with van der Waals surface area (Å²) >= 11 is 0. The van der Waals surface area contributed by atoms with E-state index in [1.54, 1.807) is 24.3 Å². The van der Waals surface area contributed by atoms with Gasteiger partial charge in [-0.05, 0) is 48.4 Å². The van der Waals surface area contributed by atoms with Crippen molar-refractivity contribution in [2.45, 2.75) is 19.4 Å². The van der Waals surface area contributed by atoms with Gasteiger partial charge in [0, 0.05) is 6.42 Å². The molecule has 1 atom stereocenters. The van der Waals surface area contributed by atoms with Gasteiger partial charge in [-0.15, -0.1) is 0 Å². The molecule has 1 heterocycles. The number of carbonyl (C=O) groups is 2. The highest BCUT2D eigenvalue weighted by molar-refractivity contribution is 6.31. The van der Waals surface area contributed by atoms with E-state index in [0.29, 0.717) is 34.7 Å². The minimum atomic E-state index is -1.61. The van der Waals surface area contributed by atoms with E-state index >= 15 is 0 Å². The number of aliphatic carboxylic acids is 1. The number of hydrogen-bond donors (Lipinski definition) is 2. The van der Waals surface area contributed by atoms with Crippen molar-refractivity contribution >= 4 is 34.5 Å². The molecular formula is C23H19NO6. The van der Waals surface area contributed by atoms with Crippen LogP contribution in [0.3, 0.4) is 0 Å². The summed E-state index contributed by atoms with van der Waals surface area (Å²) in [6.07, 6.45) is 2.09. The zero-order valence-corrected chi connectivity index (χ0v) is 16.2. The van der Waals surface area contributed by atoms with Crippen LogP contribution in [0.25, 0.3) is 22.6 Å². The lowest BCUT2D eigenvalue weighted by Crippen LogP contribution is -2.34. The predicted molar refractivity (Wildman–Crippen MR) is 111 cm³/mol. The fourth-order valence-corrected chi connectivity index (χ4v) is 3.66. The van der Waals surface area contributed by atoms with Gasteiger partial charge in [0.15, 0.2) is 5.43 Å². The number of amides is 1. The lowest BCUT2D eigenvalue weighted by atomic mass is 10.1. The summed E-state index contributed by atoms with van der Waals surface area (Å²) < 4.78 is 11.6. The van der Waals surface area contributed by atoms with Crippen molar-refractivity contribution < 1.29 is 23.8 Å². The van der Waals surface area contributed by atoms with E-state index in [-0.39, 0.29) is 17.4 Å². The zero-order chi connectivity index (χ0) is 21.3. The summed E-state index contributed by atoms with van der Waals surface area (Å²) in [6.45, 7) is 2.43. The Hall–Kier alpha value is -3.87. The number of benzene rings is 2. The first-order valence-electron chi connectivity index (χ1n) is 9.51. The number of ether oxygens (including phenoxy) is 1. The van der Waals surface area contributed by atoms with E-state index in [4.69, 9.17) is 14.3 Å². The van der Waals surface area contributed by atoms with Gasteiger partial charge in [-0.2, -0.15) is 0 Å². The molecule has 4 rings (SSSR count). The molecule has 152 valence electrons. The zero-order valence-electron chi connectivity index (χ0n) is 16.2. The van der Waals surface area contributed by atoms with Crippen LogP contribution in [-0.4, -0.2) is 23.6 Å². The maximum Gasteiger partial charge on any atom is 0.394 e. The van der Waals surface area contributed by atoms with E-state index in [1.165, 1.54) is 0 Å². The Balaban J connectivity index is 1.85. The highest BCUT2D eigenvalue weighted by Gasteiger charge is 2.34. The molecular weight excluding hydrogens is 386 g/mol. The van der Waals surface area contributed by atoms with E-state index in [2.05, 4.69) is 5.32 Å². The summed E-state index contributed by atoms with van der Waals surface area (Å²) in [6, 6.07) is 13.5. The Morgan fingerprint density at radius 1 is 1.23 bits per heavy atom. The fourth-order valence-electron chi connectivity index (χ4n) is 3.66. The second-order valence-corrected chi connectivity index (χ2v) is 6.88. The summed E-state index contributed by atoms with van der Waals surface area (Å²) in [5.41, 5.74) is 1.94. The Bertz CT molecular complexity index is 1240. The van der Waals surface area contributed by atoms with Crippen LogP contribution in [0, 0.1) is 0 Å². The van der Waals surface area contributed by atoms with E-state index < -0.39 is 17.9 Å². The number of rotatable bonds is 4. The SMILES string of the molecule is CCOc1cccc(C=C2CC(NC(=O)C(=O)O)c3c2oc2ccccc2c3=O)c1. The lowest BCUT2D eigenvalue weighted by molar-refractivity contribution is -0.150. The molecule has 2 N–H and O–H groups in total. The van der Waals surface area contributed by atoms with Gasteiger partial charge < -0.3 is 19.6 Å². The van der Waals surface area contributed by atoms with Crippen molar-refractivity contribution in [2.24, 2.45) is 0 Å². The van der Waals surface area contributed by atoms with Gasteiger partial charge in [-0.3, -0.25) is 9.59 Å². The molecule has 7 heteroatoms. The molecule has 0 bridgehead atoms. The van der Waals surface area contributed by atoms with Crippen LogP contribution in [0.1, 0.15) is 36.3 Å². The number of carboxylic acid groups (broad SMARTS) is 1. The second-order valence-electron chi connectivity index (χ2n) is 6.88. The van der Waals surface area contributed by atoms with Gasteiger partial charge in [0.1, 0.15) is 17.1 Å². The highest BCUT2D eigenvalue weighted by atomic mass is 16.5. The normalized spacial score (nSPS) is 16.4. The van der Waals surface area contributed by atoms with Crippen LogP contribution in [0.15, 0.2) is 57.7 Å². The Kier molecular flexibility index (Phi) is 5.10. The van der Waals surface area contributed by atoms with Crippen molar-refractivity contribution in [1.82, 2.24) is 5.32 Å². The topological polar surface area (TPSA) is 106 Å². The third kappa shape index (κ3) is 3.57. The average molecular weight is 405 g/mol. The number of fused-ring (bicyclic) bond motifs is 2. The minimum absolute atomic E-state index is 0.238. The molecule has 0 fully saturated rings. The van der Waals surface area contributed by atoms with Crippen molar-refractivity contribution in [2.75, 3.05) is 6.61 Å². The molecule has 1 aliphatic rings. The van der Waals surface area contributed by atoms with Crippen LogP contribution < -0.4 is 15.5 Å². The maximum atomic E-state index is 13.1. The van der Waals surface area contributed by atoms with Gasteiger partial charge in [0.2, 0.25) is 0 Å². The predicted octanol–water partition coefficient (Wildman–Crippen LogP) is 3.38. The van der Waals surface area contributed by atoms with Crippen LogP contribution in [0.2, 0.25) is 0 Å². The minimum Gasteiger partial charge on any atom is -0.494 e. The van der Waals surface area contributed by atoms with Crippen molar-refractivity contribution in [1.29, 1.82) is 0 Å². The number of hydrogen-bond acceptors (Lipinski definition) is 5. The van der Waals surface area contributed by atoms with Gasteiger partial charge >= 0.3 is 11.9 Å². The number of carboxylic acids is 1. The third-order valence-electron chi connectivity index (χ3n) is 4.91.